The van der Waals surface area contributed by atoms with E-state index in [0.717, 1.165) is 15.6 Å². The Morgan fingerprint density at radius 1 is 0.682 bits per heavy atom. The standard InChI is InChI=1S/C19H41ClNSi/c1-4-6-8-10-12-14-17-21(3,22-19-16-20)18-15-13-11-9-7-5-2/h4-19H2,1-3H3/q+1. The Kier molecular flexibility index (Phi) is 16.7. The highest BCUT2D eigenvalue weighted by molar-refractivity contribution is 6.30. The van der Waals surface area contributed by atoms with E-state index in [1.807, 2.05) is 0 Å². The van der Waals surface area contributed by atoms with Crippen molar-refractivity contribution in [1.29, 1.82) is 0 Å². The van der Waals surface area contributed by atoms with Crippen molar-refractivity contribution in [2.45, 2.75) is 96.9 Å². The SMILES string of the molecule is CCCCCCCC[N+](C)(CCCCCCCC)[Si]CCCl. The molecule has 0 heterocycles. The van der Waals surface area contributed by atoms with Gasteiger partial charge >= 0.3 is 9.68 Å². The minimum absolute atomic E-state index is 0.833. The van der Waals surface area contributed by atoms with Crippen LogP contribution in [0.1, 0.15) is 90.9 Å². The van der Waals surface area contributed by atoms with Gasteiger partial charge in [0.15, 0.2) is 0 Å². The number of hydrogen-bond acceptors (Lipinski definition) is 0. The van der Waals surface area contributed by atoms with Crippen molar-refractivity contribution in [3.63, 3.8) is 0 Å². The molecule has 0 aromatic carbocycles. The molecule has 0 spiro atoms. The van der Waals surface area contributed by atoms with Gasteiger partial charge in [0.2, 0.25) is 0 Å². The molecule has 0 saturated heterocycles. The van der Waals surface area contributed by atoms with Crippen LogP contribution in [0.4, 0.5) is 0 Å². The van der Waals surface area contributed by atoms with E-state index in [9.17, 15) is 0 Å². The molecule has 0 amide bonds. The van der Waals surface area contributed by atoms with Gasteiger partial charge in [0.25, 0.3) is 0 Å². The first-order valence-corrected chi connectivity index (χ1v) is 11.5. The second-order valence-corrected chi connectivity index (χ2v) is 9.25. The molecule has 1 nitrogen and oxygen atoms in total. The molecular formula is C19H41ClNSi+. The van der Waals surface area contributed by atoms with Crippen molar-refractivity contribution < 1.29 is 4.15 Å². The number of halogens is 1. The minimum atomic E-state index is 0.833. The van der Waals surface area contributed by atoms with E-state index in [1.54, 1.807) is 0 Å². The molecule has 0 unspecified atom stereocenters. The summed E-state index contributed by atoms with van der Waals surface area (Å²) in [5.74, 6) is 0.833. The number of nitrogens with zero attached hydrogens (tertiary/aromatic N) is 1. The first kappa shape index (κ1) is 22.5. The van der Waals surface area contributed by atoms with E-state index >= 15 is 0 Å². The third-order valence-electron chi connectivity index (χ3n) is 4.60. The largest absolute Gasteiger partial charge is 0.392 e. The Bertz CT molecular complexity index is 207. The third-order valence-corrected chi connectivity index (χ3v) is 6.79. The summed E-state index contributed by atoms with van der Waals surface area (Å²) in [7, 11) is 3.48. The summed E-state index contributed by atoms with van der Waals surface area (Å²) in [5, 5.41) is 0. The van der Waals surface area contributed by atoms with Crippen molar-refractivity contribution >= 4 is 21.3 Å². The lowest BCUT2D eigenvalue weighted by molar-refractivity contribution is -0.802. The zero-order chi connectivity index (χ0) is 16.5. The maximum Gasteiger partial charge on any atom is 0.392 e. The van der Waals surface area contributed by atoms with Gasteiger partial charge in [-0.1, -0.05) is 65.2 Å². The molecule has 0 N–H and O–H groups in total. The number of hydrogen-bond donors (Lipinski definition) is 0. The van der Waals surface area contributed by atoms with Crippen molar-refractivity contribution in [3.8, 4) is 0 Å². The van der Waals surface area contributed by atoms with Crippen LogP contribution in [0.5, 0.6) is 0 Å². The van der Waals surface area contributed by atoms with E-state index in [-0.39, 0.29) is 0 Å². The lowest BCUT2D eigenvalue weighted by Gasteiger charge is -2.34. The molecule has 22 heavy (non-hydrogen) atoms. The molecule has 0 fully saturated rings. The number of rotatable bonds is 17. The van der Waals surface area contributed by atoms with Crippen LogP contribution in [0.15, 0.2) is 0 Å². The van der Waals surface area contributed by atoms with Crippen LogP contribution in [-0.4, -0.2) is 39.8 Å². The average Bonchev–Trinajstić information content (AvgIpc) is 2.52. The van der Waals surface area contributed by atoms with Crippen LogP contribution in [0.2, 0.25) is 6.04 Å². The second-order valence-electron chi connectivity index (χ2n) is 6.98. The Hall–Kier alpha value is 0.467. The maximum atomic E-state index is 5.94. The van der Waals surface area contributed by atoms with Gasteiger partial charge in [-0.25, -0.2) is 0 Å². The van der Waals surface area contributed by atoms with Crippen molar-refractivity contribution in [2.24, 2.45) is 0 Å². The molecule has 0 aliphatic carbocycles. The van der Waals surface area contributed by atoms with Crippen LogP contribution in [0.3, 0.4) is 0 Å². The molecular weight excluding hydrogens is 306 g/mol. The fraction of sp³-hybridized carbons (Fsp3) is 1.00. The molecule has 0 aliphatic heterocycles. The fourth-order valence-corrected chi connectivity index (χ4v) is 4.57. The Labute approximate surface area is 148 Å². The van der Waals surface area contributed by atoms with E-state index in [2.05, 4.69) is 20.9 Å². The van der Waals surface area contributed by atoms with Crippen molar-refractivity contribution in [3.05, 3.63) is 0 Å². The van der Waals surface area contributed by atoms with E-state index in [0.29, 0.717) is 0 Å². The summed E-state index contributed by atoms with van der Waals surface area (Å²) >= 11 is 5.94. The van der Waals surface area contributed by atoms with Gasteiger partial charge in [-0.3, -0.25) is 0 Å². The zero-order valence-corrected chi connectivity index (χ0v) is 17.4. The van der Waals surface area contributed by atoms with Gasteiger partial charge in [-0.05, 0) is 25.7 Å². The molecule has 2 radical (unpaired) electrons. The van der Waals surface area contributed by atoms with Crippen LogP contribution in [0.25, 0.3) is 0 Å². The molecule has 3 heteroatoms. The summed E-state index contributed by atoms with van der Waals surface area (Å²) in [6.07, 6.45) is 16.9. The van der Waals surface area contributed by atoms with Crippen molar-refractivity contribution in [1.82, 2.24) is 0 Å². The summed E-state index contributed by atoms with van der Waals surface area (Å²) < 4.78 is 1.29. The molecule has 132 valence electrons. The molecule has 0 aliphatic rings. The Morgan fingerprint density at radius 3 is 1.50 bits per heavy atom. The smallest absolute Gasteiger partial charge is 0.382 e. The number of quaternary nitrogens is 1. The van der Waals surface area contributed by atoms with Gasteiger partial charge in [0.1, 0.15) is 0 Å². The summed E-state index contributed by atoms with van der Waals surface area (Å²) in [4.78, 5) is 0. The summed E-state index contributed by atoms with van der Waals surface area (Å²) in [6.45, 7) is 7.33. The molecule has 0 rings (SSSR count). The predicted octanol–water partition coefficient (Wildman–Crippen LogP) is 6.43. The second kappa shape index (κ2) is 16.3. The summed E-state index contributed by atoms with van der Waals surface area (Å²) in [6, 6.07) is 1.20. The van der Waals surface area contributed by atoms with E-state index in [4.69, 9.17) is 11.6 Å². The van der Waals surface area contributed by atoms with Crippen LogP contribution < -0.4 is 0 Å². The zero-order valence-electron chi connectivity index (χ0n) is 15.6. The number of alkyl halides is 1. The molecule has 0 saturated carbocycles. The topological polar surface area (TPSA) is 0 Å². The first-order valence-electron chi connectivity index (χ1n) is 9.84. The predicted molar refractivity (Wildman–Crippen MR) is 104 cm³/mol. The molecule has 0 atom stereocenters. The average molecular weight is 347 g/mol. The monoisotopic (exact) mass is 346 g/mol. The lowest BCUT2D eigenvalue weighted by Crippen LogP contribution is -2.48. The third kappa shape index (κ3) is 14.1. The highest BCUT2D eigenvalue weighted by atomic mass is 35.5. The first-order chi connectivity index (χ1) is 10.7. The highest BCUT2D eigenvalue weighted by Gasteiger charge is 2.22. The van der Waals surface area contributed by atoms with Gasteiger partial charge in [0, 0.05) is 11.9 Å². The van der Waals surface area contributed by atoms with Gasteiger partial charge < -0.3 is 4.15 Å². The maximum absolute atomic E-state index is 5.94. The van der Waals surface area contributed by atoms with Crippen LogP contribution in [0, 0.1) is 0 Å². The van der Waals surface area contributed by atoms with Gasteiger partial charge in [-0.2, -0.15) is 0 Å². The minimum Gasteiger partial charge on any atom is -0.382 e. The quantitative estimate of drug-likeness (QED) is 0.162. The van der Waals surface area contributed by atoms with Gasteiger partial charge in [-0.15, -0.1) is 11.6 Å². The number of unbranched alkanes of at least 4 members (excludes halogenated alkanes) is 10. The van der Waals surface area contributed by atoms with E-state index in [1.165, 1.54) is 100 Å². The van der Waals surface area contributed by atoms with Gasteiger partial charge in [0.05, 0.1) is 20.1 Å². The molecule has 0 bridgehead atoms. The van der Waals surface area contributed by atoms with Crippen molar-refractivity contribution in [2.75, 3.05) is 26.0 Å². The van der Waals surface area contributed by atoms with Crippen LogP contribution in [-0.2, 0) is 0 Å². The Morgan fingerprint density at radius 2 is 1.09 bits per heavy atom. The highest BCUT2D eigenvalue weighted by Crippen LogP contribution is 2.13. The van der Waals surface area contributed by atoms with E-state index < -0.39 is 0 Å². The molecule has 0 aromatic heterocycles. The Balaban J connectivity index is 3.84. The van der Waals surface area contributed by atoms with Crippen LogP contribution >= 0.6 is 11.6 Å². The normalized spacial score (nSPS) is 12.0. The summed E-state index contributed by atoms with van der Waals surface area (Å²) in [5.41, 5.74) is 0. The lowest BCUT2D eigenvalue weighted by atomic mass is 10.1. The fourth-order valence-electron chi connectivity index (χ4n) is 3.06. The molecule has 0 aromatic rings.